The molecular weight excluding hydrogens is 339 g/mol. The van der Waals surface area contributed by atoms with Gasteiger partial charge < -0.3 is 4.74 Å². The first-order valence-electron chi connectivity index (χ1n) is 7.70. The topological polar surface area (TPSA) is 26.3 Å². The van der Waals surface area contributed by atoms with Crippen LogP contribution in [-0.2, 0) is 9.53 Å². The van der Waals surface area contributed by atoms with E-state index < -0.39 is 36.2 Å². The lowest BCUT2D eigenvalue weighted by atomic mass is 10.1. The summed E-state index contributed by atoms with van der Waals surface area (Å²) in [6.07, 6.45) is -7.05. The highest BCUT2D eigenvalue weighted by Gasteiger charge is 2.45. The fourth-order valence-corrected chi connectivity index (χ4v) is 3.13. The van der Waals surface area contributed by atoms with Gasteiger partial charge in [0, 0.05) is 6.42 Å². The van der Waals surface area contributed by atoms with Crippen LogP contribution in [0.5, 0.6) is 0 Å². The van der Waals surface area contributed by atoms with E-state index in [9.17, 15) is 26.7 Å². The fourth-order valence-electron chi connectivity index (χ4n) is 1.81. The van der Waals surface area contributed by atoms with E-state index in [1.807, 2.05) is 20.8 Å². The summed E-state index contributed by atoms with van der Waals surface area (Å²) in [5, 5.41) is -0.480. The summed E-state index contributed by atoms with van der Waals surface area (Å²) < 4.78 is 68.2. The van der Waals surface area contributed by atoms with Crippen LogP contribution in [0.15, 0.2) is 0 Å². The molecule has 0 rings (SSSR count). The number of thioether (sulfide) groups is 1. The third kappa shape index (κ3) is 9.37. The van der Waals surface area contributed by atoms with Gasteiger partial charge in [0.1, 0.15) is 5.25 Å². The van der Waals surface area contributed by atoms with Crippen molar-refractivity contribution in [2.24, 2.45) is 5.92 Å². The maximum absolute atomic E-state index is 13.2. The van der Waals surface area contributed by atoms with Crippen molar-refractivity contribution < 1.29 is 31.5 Å². The van der Waals surface area contributed by atoms with Crippen LogP contribution in [0.25, 0.3) is 0 Å². The van der Waals surface area contributed by atoms with Gasteiger partial charge >= 0.3 is 5.97 Å². The smallest absolute Gasteiger partial charge is 0.319 e. The van der Waals surface area contributed by atoms with E-state index in [0.29, 0.717) is 19.4 Å². The molecule has 0 saturated carbocycles. The molecule has 2 nitrogen and oxygen atoms in total. The zero-order valence-corrected chi connectivity index (χ0v) is 14.5. The predicted molar refractivity (Wildman–Crippen MR) is 82.0 cm³/mol. The molecule has 0 aromatic carbocycles. The normalized spacial score (nSPS) is 15.0. The number of rotatable bonds is 12. The molecular formula is C15H25F5O2S. The van der Waals surface area contributed by atoms with Gasteiger partial charge in [-0.2, -0.15) is 0 Å². The van der Waals surface area contributed by atoms with Crippen LogP contribution in [-0.4, -0.2) is 42.1 Å². The molecule has 2 atom stereocenters. The van der Waals surface area contributed by atoms with Crippen LogP contribution in [0.3, 0.4) is 0 Å². The van der Waals surface area contributed by atoms with E-state index in [1.165, 1.54) is 0 Å². The Morgan fingerprint density at radius 3 is 2.30 bits per heavy atom. The highest BCUT2D eigenvalue weighted by Crippen LogP contribution is 2.32. The van der Waals surface area contributed by atoms with E-state index in [2.05, 4.69) is 0 Å². The summed E-state index contributed by atoms with van der Waals surface area (Å²) in [7, 11) is 0. The second-order valence-electron chi connectivity index (χ2n) is 5.76. The minimum absolute atomic E-state index is 0.152. The summed E-state index contributed by atoms with van der Waals surface area (Å²) >= 11 is 1.15. The Bertz CT molecular complexity index is 340. The first-order valence-corrected chi connectivity index (χ1v) is 8.75. The molecule has 0 aliphatic heterocycles. The Kier molecular flexibility index (Phi) is 10.8. The molecule has 0 aromatic rings. The molecule has 0 saturated heterocycles. The standard InChI is InChI=1S/C15H25F5O2S/c1-4-7-22-14(21)11(9-10(2)3)23-8-5-6-15(19,20)12(16)13(17)18/h10-13H,4-9H2,1-3H3. The maximum Gasteiger partial charge on any atom is 0.319 e. The summed E-state index contributed by atoms with van der Waals surface area (Å²) in [6.45, 7) is 6.00. The molecule has 23 heavy (non-hydrogen) atoms. The average molecular weight is 364 g/mol. The van der Waals surface area contributed by atoms with Gasteiger partial charge in [0.25, 0.3) is 12.3 Å². The number of halogens is 5. The molecule has 2 unspecified atom stereocenters. The number of hydrogen-bond acceptors (Lipinski definition) is 3. The van der Waals surface area contributed by atoms with E-state index in [4.69, 9.17) is 4.74 Å². The van der Waals surface area contributed by atoms with Gasteiger partial charge in [-0.05, 0) is 30.9 Å². The van der Waals surface area contributed by atoms with Crippen molar-refractivity contribution in [2.45, 2.75) is 70.2 Å². The minimum Gasteiger partial charge on any atom is -0.465 e. The van der Waals surface area contributed by atoms with E-state index in [1.54, 1.807) is 0 Å². The average Bonchev–Trinajstić information content (AvgIpc) is 2.46. The highest BCUT2D eigenvalue weighted by molar-refractivity contribution is 8.00. The van der Waals surface area contributed by atoms with Gasteiger partial charge in [-0.25, -0.2) is 22.0 Å². The number of alkyl halides is 5. The Morgan fingerprint density at radius 1 is 1.22 bits per heavy atom. The number of esters is 1. The highest BCUT2D eigenvalue weighted by atomic mass is 32.2. The summed E-state index contributed by atoms with van der Waals surface area (Å²) in [4.78, 5) is 11.9. The van der Waals surface area contributed by atoms with E-state index >= 15 is 0 Å². The van der Waals surface area contributed by atoms with Crippen LogP contribution >= 0.6 is 11.8 Å². The predicted octanol–water partition coefficient (Wildman–Crippen LogP) is 5.11. The second-order valence-corrected chi connectivity index (χ2v) is 7.07. The van der Waals surface area contributed by atoms with Gasteiger partial charge in [-0.15, -0.1) is 11.8 Å². The molecule has 0 aromatic heterocycles. The van der Waals surface area contributed by atoms with Gasteiger partial charge in [0.15, 0.2) is 0 Å². The Labute approximate surface area is 138 Å². The molecule has 0 heterocycles. The molecule has 8 heteroatoms. The number of carbonyl (C=O) groups is 1. The number of ether oxygens (including phenoxy) is 1. The van der Waals surface area contributed by atoms with Crippen LogP contribution in [0.1, 0.15) is 46.5 Å². The molecule has 0 N–H and O–H groups in total. The number of carbonyl (C=O) groups excluding carboxylic acids is 1. The van der Waals surface area contributed by atoms with Crippen LogP contribution < -0.4 is 0 Å². The second kappa shape index (κ2) is 11.1. The Balaban J connectivity index is 4.33. The maximum atomic E-state index is 13.2. The number of hydrogen-bond donors (Lipinski definition) is 0. The van der Waals surface area contributed by atoms with Gasteiger partial charge in [0.2, 0.25) is 6.17 Å². The Hall–Kier alpha value is -0.530. The third-order valence-electron chi connectivity index (χ3n) is 2.99. The SMILES string of the molecule is CCCOC(=O)C(CC(C)C)SCCCC(F)(F)C(F)C(F)F. The minimum atomic E-state index is -4.05. The first kappa shape index (κ1) is 22.5. The molecule has 138 valence electrons. The van der Waals surface area contributed by atoms with Crippen molar-refractivity contribution in [3.63, 3.8) is 0 Å². The Morgan fingerprint density at radius 2 is 1.83 bits per heavy atom. The van der Waals surface area contributed by atoms with E-state index in [-0.39, 0.29) is 18.1 Å². The molecule has 0 amide bonds. The summed E-state index contributed by atoms with van der Waals surface area (Å²) in [6, 6.07) is 0. The van der Waals surface area contributed by atoms with Gasteiger partial charge in [0.05, 0.1) is 6.61 Å². The van der Waals surface area contributed by atoms with Crippen LogP contribution in [0.2, 0.25) is 0 Å². The van der Waals surface area contributed by atoms with Crippen molar-refractivity contribution in [3.8, 4) is 0 Å². The fraction of sp³-hybridized carbons (Fsp3) is 0.933. The van der Waals surface area contributed by atoms with Crippen molar-refractivity contribution in [2.75, 3.05) is 12.4 Å². The van der Waals surface area contributed by atoms with Crippen LogP contribution in [0.4, 0.5) is 22.0 Å². The summed E-state index contributed by atoms with van der Waals surface area (Å²) in [5.74, 6) is -4.07. The van der Waals surface area contributed by atoms with Gasteiger partial charge in [-0.1, -0.05) is 20.8 Å². The zero-order chi connectivity index (χ0) is 18.0. The molecule has 0 fully saturated rings. The molecule has 0 aliphatic rings. The molecule has 0 aliphatic carbocycles. The van der Waals surface area contributed by atoms with Crippen molar-refractivity contribution in [1.29, 1.82) is 0 Å². The van der Waals surface area contributed by atoms with Crippen molar-refractivity contribution in [3.05, 3.63) is 0 Å². The lowest BCUT2D eigenvalue weighted by molar-refractivity contribution is -0.143. The monoisotopic (exact) mass is 364 g/mol. The molecule has 0 radical (unpaired) electrons. The van der Waals surface area contributed by atoms with E-state index in [0.717, 1.165) is 11.8 Å². The largest absolute Gasteiger partial charge is 0.465 e. The molecule has 0 spiro atoms. The quantitative estimate of drug-likeness (QED) is 0.274. The van der Waals surface area contributed by atoms with Gasteiger partial charge in [-0.3, -0.25) is 4.79 Å². The first-order chi connectivity index (χ1) is 10.6. The summed E-state index contributed by atoms with van der Waals surface area (Å²) in [5.41, 5.74) is 0. The van der Waals surface area contributed by atoms with Crippen molar-refractivity contribution >= 4 is 17.7 Å². The molecule has 0 bridgehead atoms. The van der Waals surface area contributed by atoms with Crippen LogP contribution in [0, 0.1) is 5.92 Å². The lowest BCUT2D eigenvalue weighted by Crippen LogP contribution is -2.35. The lowest BCUT2D eigenvalue weighted by Gasteiger charge is -2.21. The zero-order valence-electron chi connectivity index (χ0n) is 13.7. The van der Waals surface area contributed by atoms with Crippen molar-refractivity contribution in [1.82, 2.24) is 0 Å². The third-order valence-corrected chi connectivity index (χ3v) is 4.31.